The van der Waals surface area contributed by atoms with Gasteiger partial charge in [0.1, 0.15) is 11.3 Å². The molecular weight excluding hydrogens is 286 g/mol. The summed E-state index contributed by atoms with van der Waals surface area (Å²) in [6.07, 6.45) is 1.92. The van der Waals surface area contributed by atoms with E-state index in [1.807, 2.05) is 50.4 Å². The fraction of sp³-hybridized carbons (Fsp3) is 0.438. The molecule has 2 N–H and O–H groups in total. The first kappa shape index (κ1) is 15.9. The molecule has 0 fully saturated rings. The van der Waals surface area contributed by atoms with Crippen LogP contribution in [0.15, 0.2) is 34.7 Å². The van der Waals surface area contributed by atoms with Gasteiger partial charge in [0.2, 0.25) is 5.91 Å². The Balaban J connectivity index is 2.08. The van der Waals surface area contributed by atoms with Crippen molar-refractivity contribution >= 4 is 28.6 Å². The predicted molar refractivity (Wildman–Crippen MR) is 86.6 cm³/mol. The van der Waals surface area contributed by atoms with Gasteiger partial charge < -0.3 is 14.8 Å². The standard InChI is InChI=1S/C16H21NO3S/c1-10(16(19)17-11(2)15(9-18)21-3)14-8-12-6-4-5-7-13(12)20-14/h4-8,10-11,15,18H,9H2,1-3H3,(H,17,19). The van der Waals surface area contributed by atoms with Crippen LogP contribution in [0.5, 0.6) is 0 Å². The van der Waals surface area contributed by atoms with E-state index in [0.717, 1.165) is 11.0 Å². The second-order valence-electron chi connectivity index (χ2n) is 5.16. The van der Waals surface area contributed by atoms with Gasteiger partial charge in [-0.15, -0.1) is 0 Å². The zero-order valence-corrected chi connectivity index (χ0v) is 13.3. The number of carbonyl (C=O) groups excluding carboxylic acids is 1. The summed E-state index contributed by atoms with van der Waals surface area (Å²) in [6, 6.07) is 9.52. The van der Waals surface area contributed by atoms with Crippen LogP contribution in [0.3, 0.4) is 0 Å². The molecule has 5 heteroatoms. The number of hydrogen-bond acceptors (Lipinski definition) is 4. The smallest absolute Gasteiger partial charge is 0.230 e. The first-order valence-corrected chi connectivity index (χ1v) is 8.28. The molecule has 0 aliphatic carbocycles. The Morgan fingerprint density at radius 2 is 2.10 bits per heavy atom. The van der Waals surface area contributed by atoms with E-state index in [1.165, 1.54) is 0 Å². The van der Waals surface area contributed by atoms with Crippen molar-refractivity contribution in [3.63, 3.8) is 0 Å². The van der Waals surface area contributed by atoms with Crippen LogP contribution in [0.1, 0.15) is 25.5 Å². The van der Waals surface area contributed by atoms with Crippen molar-refractivity contribution in [2.24, 2.45) is 0 Å². The molecule has 2 rings (SSSR count). The van der Waals surface area contributed by atoms with Crippen molar-refractivity contribution in [2.75, 3.05) is 12.9 Å². The van der Waals surface area contributed by atoms with Gasteiger partial charge in [-0.2, -0.15) is 11.8 Å². The zero-order chi connectivity index (χ0) is 15.4. The van der Waals surface area contributed by atoms with E-state index in [4.69, 9.17) is 4.42 Å². The van der Waals surface area contributed by atoms with Crippen LogP contribution in [-0.4, -0.2) is 35.2 Å². The van der Waals surface area contributed by atoms with E-state index in [9.17, 15) is 9.90 Å². The van der Waals surface area contributed by atoms with Crippen LogP contribution >= 0.6 is 11.8 Å². The third kappa shape index (κ3) is 3.60. The van der Waals surface area contributed by atoms with E-state index in [1.54, 1.807) is 11.8 Å². The zero-order valence-electron chi connectivity index (χ0n) is 12.5. The summed E-state index contributed by atoms with van der Waals surface area (Å²) in [7, 11) is 0. The Hall–Kier alpha value is -1.46. The van der Waals surface area contributed by atoms with Gasteiger partial charge in [0, 0.05) is 16.7 Å². The SMILES string of the molecule is CSC(CO)C(C)NC(=O)C(C)c1cc2ccccc2o1. The number of amides is 1. The van der Waals surface area contributed by atoms with Gasteiger partial charge in [-0.3, -0.25) is 4.79 Å². The molecule has 114 valence electrons. The molecule has 0 bridgehead atoms. The predicted octanol–water partition coefficient (Wildman–Crippen LogP) is 2.76. The lowest BCUT2D eigenvalue weighted by molar-refractivity contribution is -0.123. The molecule has 4 nitrogen and oxygen atoms in total. The average molecular weight is 307 g/mol. The number of fused-ring (bicyclic) bond motifs is 1. The normalized spacial score (nSPS) is 15.6. The third-order valence-corrected chi connectivity index (χ3v) is 4.84. The Bertz CT molecular complexity index is 573. The minimum Gasteiger partial charge on any atom is -0.460 e. The van der Waals surface area contributed by atoms with Crippen LogP contribution in [0, 0.1) is 0 Å². The summed E-state index contributed by atoms with van der Waals surface area (Å²) < 4.78 is 5.73. The average Bonchev–Trinajstić information content (AvgIpc) is 2.91. The quantitative estimate of drug-likeness (QED) is 0.861. The number of thioether (sulfide) groups is 1. The van der Waals surface area contributed by atoms with E-state index in [2.05, 4.69) is 5.32 Å². The van der Waals surface area contributed by atoms with Crippen molar-refractivity contribution < 1.29 is 14.3 Å². The fourth-order valence-corrected chi connectivity index (χ4v) is 2.85. The largest absolute Gasteiger partial charge is 0.460 e. The van der Waals surface area contributed by atoms with Gasteiger partial charge in [0.15, 0.2) is 0 Å². The maximum Gasteiger partial charge on any atom is 0.230 e. The molecule has 0 saturated heterocycles. The number of furan rings is 1. The molecule has 3 unspecified atom stereocenters. The number of para-hydroxylation sites is 1. The Morgan fingerprint density at radius 3 is 2.71 bits per heavy atom. The maximum absolute atomic E-state index is 12.3. The number of aliphatic hydroxyl groups excluding tert-OH is 1. The first-order valence-electron chi connectivity index (χ1n) is 6.99. The van der Waals surface area contributed by atoms with Gasteiger partial charge >= 0.3 is 0 Å². The number of carbonyl (C=O) groups is 1. The minimum atomic E-state index is -0.360. The lowest BCUT2D eigenvalue weighted by Crippen LogP contribution is -2.42. The first-order chi connectivity index (χ1) is 10.1. The van der Waals surface area contributed by atoms with Crippen LogP contribution in [0.2, 0.25) is 0 Å². The molecular formula is C16H21NO3S. The summed E-state index contributed by atoms with van der Waals surface area (Å²) in [5, 5.41) is 13.2. The number of rotatable bonds is 6. The molecule has 0 saturated carbocycles. The molecule has 3 atom stereocenters. The van der Waals surface area contributed by atoms with Gasteiger partial charge in [0.25, 0.3) is 0 Å². The topological polar surface area (TPSA) is 62.5 Å². The molecule has 0 aliphatic heterocycles. The van der Waals surface area contributed by atoms with Crippen molar-refractivity contribution in [3.05, 3.63) is 36.1 Å². The summed E-state index contributed by atoms with van der Waals surface area (Å²) in [4.78, 5) is 12.3. The Kier molecular flexibility index (Phi) is 5.31. The molecule has 1 amide bonds. The van der Waals surface area contributed by atoms with Crippen LogP contribution in [0.25, 0.3) is 11.0 Å². The second-order valence-corrected chi connectivity index (χ2v) is 6.24. The highest BCUT2D eigenvalue weighted by atomic mass is 32.2. The highest BCUT2D eigenvalue weighted by molar-refractivity contribution is 7.99. The van der Waals surface area contributed by atoms with E-state index >= 15 is 0 Å². The van der Waals surface area contributed by atoms with Crippen LogP contribution in [-0.2, 0) is 4.79 Å². The van der Waals surface area contributed by atoms with E-state index in [0.29, 0.717) is 5.76 Å². The molecule has 21 heavy (non-hydrogen) atoms. The summed E-state index contributed by atoms with van der Waals surface area (Å²) in [6.45, 7) is 3.77. The number of nitrogens with one attached hydrogen (secondary N) is 1. The maximum atomic E-state index is 12.3. The molecule has 1 aromatic heterocycles. The molecule has 0 radical (unpaired) electrons. The van der Waals surface area contributed by atoms with Gasteiger partial charge in [-0.05, 0) is 32.2 Å². The van der Waals surface area contributed by atoms with Gasteiger partial charge in [-0.1, -0.05) is 18.2 Å². The number of hydrogen-bond donors (Lipinski definition) is 2. The number of aliphatic hydroxyl groups is 1. The van der Waals surface area contributed by atoms with E-state index in [-0.39, 0.29) is 29.7 Å². The lowest BCUT2D eigenvalue weighted by atomic mass is 10.1. The summed E-state index contributed by atoms with van der Waals surface area (Å²) in [5.74, 6) is 0.209. The third-order valence-electron chi connectivity index (χ3n) is 3.67. The molecule has 2 aromatic rings. The highest BCUT2D eigenvalue weighted by Crippen LogP contribution is 2.25. The van der Waals surface area contributed by atoms with E-state index < -0.39 is 0 Å². The summed E-state index contributed by atoms with van der Waals surface area (Å²) >= 11 is 1.54. The summed E-state index contributed by atoms with van der Waals surface area (Å²) in [5.41, 5.74) is 0.789. The molecule has 1 aromatic carbocycles. The molecule has 1 heterocycles. The minimum absolute atomic E-state index is 0.00294. The highest BCUT2D eigenvalue weighted by Gasteiger charge is 2.23. The van der Waals surface area contributed by atoms with Crippen molar-refractivity contribution in [3.8, 4) is 0 Å². The van der Waals surface area contributed by atoms with Gasteiger partial charge in [-0.25, -0.2) is 0 Å². The second kappa shape index (κ2) is 7.00. The van der Waals surface area contributed by atoms with Crippen molar-refractivity contribution in [1.29, 1.82) is 0 Å². The van der Waals surface area contributed by atoms with Crippen LogP contribution in [0.4, 0.5) is 0 Å². The van der Waals surface area contributed by atoms with Gasteiger partial charge in [0.05, 0.1) is 12.5 Å². The Morgan fingerprint density at radius 1 is 1.38 bits per heavy atom. The van der Waals surface area contributed by atoms with Crippen LogP contribution < -0.4 is 5.32 Å². The fourth-order valence-electron chi connectivity index (χ4n) is 2.22. The van der Waals surface area contributed by atoms with Crippen molar-refractivity contribution in [2.45, 2.75) is 31.1 Å². The monoisotopic (exact) mass is 307 g/mol. The Labute approximate surface area is 128 Å². The molecule has 0 aliphatic rings. The lowest BCUT2D eigenvalue weighted by Gasteiger charge is -2.22. The molecule has 0 spiro atoms. The van der Waals surface area contributed by atoms with Crippen molar-refractivity contribution in [1.82, 2.24) is 5.32 Å². The number of benzene rings is 1.